The largest absolute Gasteiger partial charge is 0.378 e. The monoisotopic (exact) mass is 390 g/mol. The van der Waals surface area contributed by atoms with Gasteiger partial charge < -0.3 is 24.8 Å². The first-order chi connectivity index (χ1) is 13.5. The molecule has 3 heterocycles. The van der Waals surface area contributed by atoms with Gasteiger partial charge in [0, 0.05) is 32.6 Å². The molecule has 0 radical (unpaired) electrons. The molecule has 9 heteroatoms. The van der Waals surface area contributed by atoms with E-state index in [-0.39, 0.29) is 30.2 Å². The van der Waals surface area contributed by atoms with Crippen molar-refractivity contribution in [3.63, 3.8) is 0 Å². The fourth-order valence-corrected chi connectivity index (χ4v) is 3.92. The molecule has 1 N–H and O–H groups in total. The van der Waals surface area contributed by atoms with Crippen LogP contribution in [0.5, 0.6) is 0 Å². The van der Waals surface area contributed by atoms with Gasteiger partial charge in [0.2, 0.25) is 11.8 Å². The highest BCUT2D eigenvalue weighted by Crippen LogP contribution is 2.20. The molecule has 28 heavy (non-hydrogen) atoms. The van der Waals surface area contributed by atoms with Crippen molar-refractivity contribution in [2.75, 3.05) is 45.9 Å². The Morgan fingerprint density at radius 3 is 2.50 bits per heavy atom. The molecule has 3 aliphatic heterocycles. The van der Waals surface area contributed by atoms with Crippen LogP contribution in [0.25, 0.3) is 0 Å². The van der Waals surface area contributed by atoms with Crippen LogP contribution in [-0.2, 0) is 20.7 Å². The van der Waals surface area contributed by atoms with Gasteiger partial charge in [-0.05, 0) is 17.7 Å². The Labute approximate surface area is 162 Å². The number of urea groups is 1. The Kier molecular flexibility index (Phi) is 5.17. The molecule has 3 aliphatic rings. The van der Waals surface area contributed by atoms with Crippen LogP contribution >= 0.6 is 0 Å². The number of nitrogens with one attached hydrogen (secondary N) is 1. The van der Waals surface area contributed by atoms with Crippen molar-refractivity contribution in [1.29, 1.82) is 0 Å². The van der Waals surface area contributed by atoms with Gasteiger partial charge >= 0.3 is 6.03 Å². The van der Waals surface area contributed by atoms with Gasteiger partial charge in [-0.2, -0.15) is 0 Å². The van der Waals surface area contributed by atoms with Gasteiger partial charge in [0.25, 0.3) is 0 Å². The average molecular weight is 390 g/mol. The summed E-state index contributed by atoms with van der Waals surface area (Å²) >= 11 is 0. The van der Waals surface area contributed by atoms with E-state index in [1.165, 1.54) is 12.1 Å². The third-order valence-corrected chi connectivity index (χ3v) is 5.49. The third-order valence-electron chi connectivity index (χ3n) is 5.49. The van der Waals surface area contributed by atoms with Crippen LogP contribution in [0.15, 0.2) is 24.3 Å². The van der Waals surface area contributed by atoms with E-state index >= 15 is 0 Å². The van der Waals surface area contributed by atoms with Crippen LogP contribution < -0.4 is 5.32 Å². The summed E-state index contributed by atoms with van der Waals surface area (Å²) in [6.45, 7) is 3.01. The van der Waals surface area contributed by atoms with Gasteiger partial charge in [-0.3, -0.25) is 9.59 Å². The van der Waals surface area contributed by atoms with E-state index < -0.39 is 12.1 Å². The first-order valence-electron chi connectivity index (χ1n) is 9.50. The van der Waals surface area contributed by atoms with Crippen molar-refractivity contribution in [2.45, 2.75) is 18.5 Å². The van der Waals surface area contributed by atoms with E-state index in [0.717, 1.165) is 5.56 Å². The molecular formula is C19H23FN4O4. The van der Waals surface area contributed by atoms with Crippen molar-refractivity contribution >= 4 is 17.8 Å². The average Bonchev–Trinajstić information content (AvgIpc) is 2.73. The van der Waals surface area contributed by atoms with Crippen LogP contribution in [0.1, 0.15) is 5.56 Å². The predicted molar refractivity (Wildman–Crippen MR) is 96.9 cm³/mol. The van der Waals surface area contributed by atoms with E-state index in [1.54, 1.807) is 26.8 Å². The molecule has 1 aromatic rings. The van der Waals surface area contributed by atoms with Crippen LogP contribution in [-0.4, -0.2) is 90.6 Å². The summed E-state index contributed by atoms with van der Waals surface area (Å²) in [6, 6.07) is 4.44. The molecule has 0 aliphatic carbocycles. The lowest BCUT2D eigenvalue weighted by atomic mass is 9.98. The SMILES string of the molecule is O=C1N[C@H](Cc2ccc(F)cc2)C(=O)N2CCN(C(=O)N3CCOCC3)C[C@H]12. The molecule has 0 saturated carbocycles. The molecule has 0 spiro atoms. The molecule has 1 aromatic carbocycles. The Balaban J connectivity index is 1.41. The number of rotatable bonds is 2. The summed E-state index contributed by atoms with van der Waals surface area (Å²) in [5.41, 5.74) is 0.777. The topological polar surface area (TPSA) is 82.2 Å². The van der Waals surface area contributed by atoms with E-state index in [0.29, 0.717) is 45.8 Å². The number of hydrogen-bond acceptors (Lipinski definition) is 4. The van der Waals surface area contributed by atoms with Gasteiger partial charge in [-0.15, -0.1) is 0 Å². The molecular weight excluding hydrogens is 367 g/mol. The first-order valence-corrected chi connectivity index (χ1v) is 9.50. The molecule has 4 rings (SSSR count). The normalized spacial score (nSPS) is 25.4. The third kappa shape index (κ3) is 3.66. The summed E-state index contributed by atoms with van der Waals surface area (Å²) in [5.74, 6) is -0.762. The van der Waals surface area contributed by atoms with Crippen LogP contribution in [0.4, 0.5) is 9.18 Å². The Hall–Kier alpha value is -2.68. The molecule has 3 fully saturated rings. The smallest absolute Gasteiger partial charge is 0.320 e. The lowest BCUT2D eigenvalue weighted by Gasteiger charge is -2.46. The molecule has 0 aromatic heterocycles. The standard InChI is InChI=1S/C19H23FN4O4/c20-14-3-1-13(2-4-14)11-15-18(26)24-6-5-23(12-16(24)17(25)21-15)19(27)22-7-9-28-10-8-22/h1-4,15-16H,5-12H2,(H,21,25)/t15-,16-/m1/s1. The maximum Gasteiger partial charge on any atom is 0.320 e. The van der Waals surface area contributed by atoms with Gasteiger partial charge in [0.05, 0.1) is 19.8 Å². The highest BCUT2D eigenvalue weighted by Gasteiger charge is 2.44. The van der Waals surface area contributed by atoms with E-state index in [4.69, 9.17) is 4.74 Å². The number of ether oxygens (including phenoxy) is 1. The van der Waals surface area contributed by atoms with Crippen molar-refractivity contribution in [1.82, 2.24) is 20.0 Å². The number of carbonyl (C=O) groups excluding carboxylic acids is 3. The predicted octanol–water partition coefficient (Wildman–Crippen LogP) is -0.168. The number of carbonyl (C=O) groups is 3. The van der Waals surface area contributed by atoms with E-state index in [2.05, 4.69) is 5.32 Å². The van der Waals surface area contributed by atoms with E-state index in [9.17, 15) is 18.8 Å². The zero-order valence-electron chi connectivity index (χ0n) is 15.5. The van der Waals surface area contributed by atoms with Crippen LogP contribution in [0.2, 0.25) is 0 Å². The molecule has 4 amide bonds. The van der Waals surface area contributed by atoms with Crippen molar-refractivity contribution in [2.24, 2.45) is 0 Å². The Morgan fingerprint density at radius 1 is 1.07 bits per heavy atom. The summed E-state index contributed by atoms with van der Waals surface area (Å²) in [5, 5.41) is 2.77. The molecule has 0 bridgehead atoms. The van der Waals surface area contributed by atoms with Gasteiger partial charge in [0.15, 0.2) is 0 Å². The van der Waals surface area contributed by atoms with Crippen molar-refractivity contribution in [3.05, 3.63) is 35.6 Å². The van der Waals surface area contributed by atoms with Crippen molar-refractivity contribution in [3.8, 4) is 0 Å². The molecule has 8 nitrogen and oxygen atoms in total. The number of benzene rings is 1. The lowest BCUT2D eigenvalue weighted by molar-refractivity contribution is -0.152. The molecule has 150 valence electrons. The minimum absolute atomic E-state index is 0.114. The quantitative estimate of drug-likeness (QED) is 0.760. The highest BCUT2D eigenvalue weighted by atomic mass is 19.1. The Morgan fingerprint density at radius 2 is 1.79 bits per heavy atom. The second-order valence-electron chi connectivity index (χ2n) is 7.27. The van der Waals surface area contributed by atoms with Gasteiger partial charge in [0.1, 0.15) is 17.9 Å². The summed E-state index contributed by atoms with van der Waals surface area (Å²) in [6.07, 6.45) is 0.310. The summed E-state index contributed by atoms with van der Waals surface area (Å²) < 4.78 is 18.3. The van der Waals surface area contributed by atoms with Crippen LogP contribution in [0.3, 0.4) is 0 Å². The maximum atomic E-state index is 13.1. The number of amides is 4. The Bertz CT molecular complexity index is 766. The zero-order valence-corrected chi connectivity index (χ0v) is 15.5. The second-order valence-corrected chi connectivity index (χ2v) is 7.27. The van der Waals surface area contributed by atoms with E-state index in [1.807, 2.05) is 0 Å². The first kappa shape index (κ1) is 18.7. The number of piperazine rings is 2. The lowest BCUT2D eigenvalue weighted by Crippen LogP contribution is -2.70. The maximum absolute atomic E-state index is 13.1. The van der Waals surface area contributed by atoms with Gasteiger partial charge in [-0.1, -0.05) is 12.1 Å². The van der Waals surface area contributed by atoms with Crippen LogP contribution in [0, 0.1) is 5.82 Å². The number of hydrogen-bond donors (Lipinski definition) is 1. The number of morpholine rings is 1. The zero-order chi connectivity index (χ0) is 19.7. The fourth-order valence-electron chi connectivity index (χ4n) is 3.92. The second kappa shape index (κ2) is 7.75. The minimum Gasteiger partial charge on any atom is -0.378 e. The summed E-state index contributed by atoms with van der Waals surface area (Å²) in [4.78, 5) is 43.1. The number of fused-ring (bicyclic) bond motifs is 1. The highest BCUT2D eigenvalue weighted by molar-refractivity contribution is 5.97. The molecule has 0 unspecified atom stereocenters. The molecule has 3 saturated heterocycles. The van der Waals surface area contributed by atoms with Gasteiger partial charge in [-0.25, -0.2) is 9.18 Å². The molecule has 2 atom stereocenters. The van der Waals surface area contributed by atoms with Crippen molar-refractivity contribution < 1.29 is 23.5 Å². The summed E-state index contributed by atoms with van der Waals surface area (Å²) in [7, 11) is 0. The minimum atomic E-state index is -0.671. The number of halogens is 1. The fraction of sp³-hybridized carbons (Fsp3) is 0.526. The number of nitrogens with zero attached hydrogens (tertiary/aromatic N) is 3.